The van der Waals surface area contributed by atoms with Gasteiger partial charge in [-0.05, 0) is 42.5 Å². The van der Waals surface area contributed by atoms with Gasteiger partial charge in [0.25, 0.3) is 5.91 Å². The largest absolute Gasteiger partial charge is 0.376 e. The van der Waals surface area contributed by atoms with Crippen LogP contribution in [-0.2, 0) is 17.8 Å². The summed E-state index contributed by atoms with van der Waals surface area (Å²) in [6.45, 7) is 0.997. The lowest BCUT2D eigenvalue weighted by Gasteiger charge is -2.12. The van der Waals surface area contributed by atoms with E-state index in [1.54, 1.807) is 11.8 Å². The highest BCUT2D eigenvalue weighted by molar-refractivity contribution is 7.98. The minimum Gasteiger partial charge on any atom is -0.376 e. The predicted molar refractivity (Wildman–Crippen MR) is 97.1 cm³/mol. The molecule has 0 saturated heterocycles. The highest BCUT2D eigenvalue weighted by atomic mass is 32.2. The zero-order valence-corrected chi connectivity index (χ0v) is 14.7. The number of thiophene rings is 1. The van der Waals surface area contributed by atoms with Crippen LogP contribution < -0.4 is 16.4 Å². The lowest BCUT2D eigenvalue weighted by atomic mass is 10.1. The summed E-state index contributed by atoms with van der Waals surface area (Å²) in [5.74, 6) is -0.533. The number of nitrogens with two attached hydrogens (primary N) is 1. The van der Waals surface area contributed by atoms with E-state index < -0.39 is 11.9 Å². The first-order valence-corrected chi connectivity index (χ1v) is 9.36. The van der Waals surface area contributed by atoms with Gasteiger partial charge in [0.15, 0.2) is 0 Å². The first-order valence-electron chi connectivity index (χ1n) is 7.32. The second-order valence-corrected chi connectivity index (χ2v) is 7.17. The van der Waals surface area contributed by atoms with E-state index in [1.165, 1.54) is 11.3 Å². The maximum Gasteiger partial charge on any atom is 0.324 e. The summed E-state index contributed by atoms with van der Waals surface area (Å²) in [6.07, 6.45) is 2.62. The second kappa shape index (κ2) is 7.25. The maximum absolute atomic E-state index is 12.2. The molecule has 2 heterocycles. The highest BCUT2D eigenvalue weighted by Crippen LogP contribution is 2.36. The average Bonchev–Trinajstić information content (AvgIpc) is 2.93. The molecule has 4 N–H and O–H groups in total. The third-order valence-electron chi connectivity index (χ3n) is 3.64. The average molecular weight is 363 g/mol. The van der Waals surface area contributed by atoms with Gasteiger partial charge in [0, 0.05) is 15.5 Å². The molecular formula is C16H17N3O3S2. The number of hydrogen-bond acceptors (Lipinski definition) is 5. The topological polar surface area (TPSA) is 93.5 Å². The van der Waals surface area contributed by atoms with Crippen LogP contribution in [0.3, 0.4) is 0 Å². The standard InChI is InChI=1S/C16H17N3O3S2/c1-23-10-4-2-9(3-5-10)18-16(21)19-15-13(14(17)20)11-6-7-22-8-12(11)24-15/h2-5H,6-8H2,1H3,(H2,17,20)(H2,18,19,21). The molecule has 1 aliphatic heterocycles. The normalized spacial score (nSPS) is 13.2. The van der Waals surface area contributed by atoms with Crippen molar-refractivity contribution in [2.45, 2.75) is 17.9 Å². The molecule has 1 aromatic heterocycles. The van der Waals surface area contributed by atoms with Gasteiger partial charge in [-0.2, -0.15) is 0 Å². The number of amides is 3. The molecular weight excluding hydrogens is 346 g/mol. The molecule has 2 aromatic rings. The maximum atomic E-state index is 12.2. The fraction of sp³-hybridized carbons (Fsp3) is 0.250. The Labute approximate surface area is 147 Å². The van der Waals surface area contributed by atoms with E-state index in [1.807, 2.05) is 30.5 Å². The predicted octanol–water partition coefficient (Wildman–Crippen LogP) is 3.29. The van der Waals surface area contributed by atoms with E-state index in [0.29, 0.717) is 35.9 Å². The lowest BCUT2D eigenvalue weighted by molar-refractivity contribution is 0.0991. The number of rotatable bonds is 4. The van der Waals surface area contributed by atoms with Crippen LogP contribution in [0.5, 0.6) is 0 Å². The number of carbonyl (C=O) groups excluding carboxylic acids is 2. The van der Waals surface area contributed by atoms with Crippen molar-refractivity contribution in [1.82, 2.24) is 0 Å². The van der Waals surface area contributed by atoms with E-state index in [2.05, 4.69) is 10.6 Å². The molecule has 24 heavy (non-hydrogen) atoms. The first kappa shape index (κ1) is 16.8. The summed E-state index contributed by atoms with van der Waals surface area (Å²) in [7, 11) is 0. The van der Waals surface area contributed by atoms with Crippen LogP contribution in [0.15, 0.2) is 29.2 Å². The van der Waals surface area contributed by atoms with Crippen LogP contribution in [0.2, 0.25) is 0 Å². The molecule has 8 heteroatoms. The van der Waals surface area contributed by atoms with Crippen LogP contribution in [-0.4, -0.2) is 24.8 Å². The molecule has 0 spiro atoms. The first-order chi connectivity index (χ1) is 11.6. The number of fused-ring (bicyclic) bond motifs is 1. The minimum atomic E-state index is -0.533. The van der Waals surface area contributed by atoms with Crippen LogP contribution in [0.25, 0.3) is 0 Å². The van der Waals surface area contributed by atoms with Crippen LogP contribution in [0, 0.1) is 0 Å². The molecule has 1 aromatic carbocycles. The highest BCUT2D eigenvalue weighted by Gasteiger charge is 2.25. The molecule has 0 atom stereocenters. The van der Waals surface area contributed by atoms with Gasteiger partial charge in [-0.1, -0.05) is 0 Å². The third-order valence-corrected chi connectivity index (χ3v) is 5.51. The van der Waals surface area contributed by atoms with Crippen molar-refractivity contribution < 1.29 is 14.3 Å². The Morgan fingerprint density at radius 1 is 1.25 bits per heavy atom. The summed E-state index contributed by atoms with van der Waals surface area (Å²) >= 11 is 2.96. The van der Waals surface area contributed by atoms with Crippen molar-refractivity contribution in [2.24, 2.45) is 5.73 Å². The van der Waals surface area contributed by atoms with Crippen molar-refractivity contribution in [1.29, 1.82) is 0 Å². The molecule has 1 aliphatic rings. The summed E-state index contributed by atoms with van der Waals surface area (Å²) in [5, 5.41) is 5.95. The van der Waals surface area contributed by atoms with E-state index in [0.717, 1.165) is 15.3 Å². The van der Waals surface area contributed by atoms with Crippen LogP contribution in [0.1, 0.15) is 20.8 Å². The molecule has 6 nitrogen and oxygen atoms in total. The molecule has 0 aliphatic carbocycles. The van der Waals surface area contributed by atoms with E-state index in [9.17, 15) is 9.59 Å². The monoisotopic (exact) mass is 363 g/mol. The fourth-order valence-corrected chi connectivity index (χ4v) is 4.11. The van der Waals surface area contributed by atoms with Crippen molar-refractivity contribution in [3.05, 3.63) is 40.3 Å². The Hall–Kier alpha value is -2.03. The van der Waals surface area contributed by atoms with Crippen molar-refractivity contribution in [3.8, 4) is 0 Å². The van der Waals surface area contributed by atoms with Crippen LogP contribution in [0.4, 0.5) is 15.5 Å². The molecule has 0 fully saturated rings. The molecule has 0 radical (unpaired) electrons. The van der Waals surface area contributed by atoms with Crippen molar-refractivity contribution in [2.75, 3.05) is 23.5 Å². The molecule has 3 amide bonds. The number of carbonyl (C=O) groups is 2. The number of thioether (sulfide) groups is 1. The number of urea groups is 1. The second-order valence-electron chi connectivity index (χ2n) is 5.18. The van der Waals surface area contributed by atoms with Gasteiger partial charge in [-0.15, -0.1) is 23.1 Å². The lowest BCUT2D eigenvalue weighted by Crippen LogP contribution is -2.22. The zero-order valence-electron chi connectivity index (χ0n) is 13.0. The molecule has 0 bridgehead atoms. The Morgan fingerprint density at radius 2 is 2.00 bits per heavy atom. The third kappa shape index (κ3) is 3.55. The number of ether oxygens (including phenoxy) is 1. The SMILES string of the molecule is CSc1ccc(NC(=O)Nc2sc3c(c2C(N)=O)CCOC3)cc1. The van der Waals surface area contributed by atoms with E-state index >= 15 is 0 Å². The summed E-state index contributed by atoms with van der Waals surface area (Å²) < 4.78 is 5.39. The van der Waals surface area contributed by atoms with Gasteiger partial charge in [0.05, 0.1) is 18.8 Å². The molecule has 0 saturated carbocycles. The summed E-state index contributed by atoms with van der Waals surface area (Å²) in [5.41, 5.74) is 7.45. The number of benzene rings is 1. The Balaban J connectivity index is 1.76. The van der Waals surface area contributed by atoms with E-state index in [-0.39, 0.29) is 0 Å². The zero-order chi connectivity index (χ0) is 17.1. The molecule has 0 unspecified atom stereocenters. The molecule has 3 rings (SSSR count). The van der Waals surface area contributed by atoms with Crippen molar-refractivity contribution in [3.63, 3.8) is 0 Å². The Morgan fingerprint density at radius 3 is 2.67 bits per heavy atom. The van der Waals surface area contributed by atoms with Gasteiger partial charge >= 0.3 is 6.03 Å². The summed E-state index contributed by atoms with van der Waals surface area (Å²) in [4.78, 5) is 26.1. The fourth-order valence-electron chi connectivity index (χ4n) is 2.52. The number of nitrogens with one attached hydrogen (secondary N) is 2. The Bertz CT molecular complexity index is 772. The van der Waals surface area contributed by atoms with Crippen molar-refractivity contribution >= 4 is 45.7 Å². The van der Waals surface area contributed by atoms with Gasteiger partial charge < -0.3 is 15.8 Å². The van der Waals surface area contributed by atoms with Crippen LogP contribution >= 0.6 is 23.1 Å². The van der Waals surface area contributed by atoms with Gasteiger partial charge in [-0.25, -0.2) is 4.79 Å². The van der Waals surface area contributed by atoms with Gasteiger partial charge in [-0.3, -0.25) is 10.1 Å². The van der Waals surface area contributed by atoms with Gasteiger partial charge in [0.1, 0.15) is 5.00 Å². The number of primary amides is 1. The quantitative estimate of drug-likeness (QED) is 0.727. The Kier molecular flexibility index (Phi) is 5.08. The molecule has 126 valence electrons. The van der Waals surface area contributed by atoms with E-state index in [4.69, 9.17) is 10.5 Å². The number of anilines is 2. The summed E-state index contributed by atoms with van der Waals surface area (Å²) in [6, 6.07) is 7.10. The van der Waals surface area contributed by atoms with Gasteiger partial charge in [0.2, 0.25) is 0 Å². The number of hydrogen-bond donors (Lipinski definition) is 3. The minimum absolute atomic E-state index is 0.395. The smallest absolute Gasteiger partial charge is 0.324 e.